The minimum atomic E-state index is -2.06. The van der Waals surface area contributed by atoms with Crippen LogP contribution < -0.4 is 20.8 Å². The second-order valence-electron chi connectivity index (χ2n) is 17.9. The summed E-state index contributed by atoms with van der Waals surface area (Å²) < 4.78 is 23.6. The molecule has 1 aliphatic carbocycles. The molecule has 1 aromatic carbocycles. The van der Waals surface area contributed by atoms with E-state index in [0.717, 1.165) is 13.1 Å². The second-order valence-corrected chi connectivity index (χ2v) is 17.9. The summed E-state index contributed by atoms with van der Waals surface area (Å²) in [5, 5.41) is 69.6. The Hall–Kier alpha value is -6.10. The molecular weight excluding hydrogens is 903 g/mol. The van der Waals surface area contributed by atoms with Crippen LogP contribution in [-0.4, -0.2) is 160 Å². The Kier molecular flexibility index (Phi) is 18.9. The molecule has 0 aromatic heterocycles. The molecule has 69 heavy (non-hydrogen) atoms. The number of carboxylic acids is 2. The number of esters is 1. The Morgan fingerprint density at radius 2 is 1.59 bits per heavy atom. The number of aliphatic hydroxyl groups excluding tert-OH is 3. The van der Waals surface area contributed by atoms with E-state index in [-0.39, 0.29) is 44.8 Å². The number of carbonyl (C=O) groups is 6. The predicted octanol–water partition coefficient (Wildman–Crippen LogP) is 2.56. The van der Waals surface area contributed by atoms with Gasteiger partial charge in [-0.3, -0.25) is 28.8 Å². The summed E-state index contributed by atoms with van der Waals surface area (Å²) in [7, 11) is 4.82. The Morgan fingerprint density at radius 1 is 0.957 bits per heavy atom. The average molecular weight is 970 g/mol. The number of hydrogen-bond acceptors (Lipinski definition) is 18. The number of rotatable bonds is 8. The topological polar surface area (TPSA) is 303 Å². The van der Waals surface area contributed by atoms with Crippen LogP contribution in [0.3, 0.4) is 0 Å². The van der Waals surface area contributed by atoms with Crippen molar-refractivity contribution in [2.75, 3.05) is 47.4 Å². The molecule has 1 amide bonds. The molecule has 0 saturated carbocycles. The quantitative estimate of drug-likeness (QED) is 0.134. The van der Waals surface area contributed by atoms with Gasteiger partial charge in [-0.05, 0) is 34.0 Å². The summed E-state index contributed by atoms with van der Waals surface area (Å²) in [6.07, 6.45) is 4.47. The van der Waals surface area contributed by atoms with E-state index in [1.54, 1.807) is 39.8 Å². The summed E-state index contributed by atoms with van der Waals surface area (Å²) in [6.45, 7) is 15.1. The lowest BCUT2D eigenvalue weighted by Crippen LogP contribution is -2.49. The van der Waals surface area contributed by atoms with Crippen molar-refractivity contribution in [3.63, 3.8) is 0 Å². The fourth-order valence-corrected chi connectivity index (χ4v) is 8.45. The SMILES string of the molecule is CN[C@H](CC(=O)O)C(=O)O.CO[C@H]1/C=C\O[C@@]2(C)Oc3c(C)c(O)c4c(c3C2=O)C(=O)/C(=C/NN2CCN(C)CC2)C(=C4O)NC(=O)/C(C)=C\C=C/[C@H](C)[C@@H](O)[C@H](C)[C@@H](O)[C@H](C)[C@@H](OC(C)=O)[C@H]1C. The number of aliphatic hydroxyl groups is 3. The van der Waals surface area contributed by atoms with Gasteiger partial charge in [0, 0.05) is 88.1 Å². The maximum atomic E-state index is 14.7. The van der Waals surface area contributed by atoms with Gasteiger partial charge in [0.05, 0.1) is 59.0 Å². The average Bonchev–Trinajstić information content (AvgIpc) is 3.56. The second kappa shape index (κ2) is 23.5. The van der Waals surface area contributed by atoms with Crippen LogP contribution in [0.15, 0.2) is 53.6 Å². The number of hydrazine groups is 1. The van der Waals surface area contributed by atoms with Gasteiger partial charge >= 0.3 is 23.7 Å². The molecule has 380 valence electrons. The first-order chi connectivity index (χ1) is 32.3. The number of carbonyl (C=O) groups excluding carboxylic acids is 4. The van der Waals surface area contributed by atoms with Crippen molar-refractivity contribution in [3.05, 3.63) is 75.9 Å². The molecule has 1 saturated heterocycles. The number of aliphatic carboxylic acids is 2. The van der Waals surface area contributed by atoms with Crippen molar-refractivity contribution in [1.29, 1.82) is 0 Å². The predicted molar refractivity (Wildman–Crippen MR) is 249 cm³/mol. The number of hydrogen-bond donors (Lipinski definition) is 9. The molecule has 0 unspecified atom stereocenters. The van der Waals surface area contributed by atoms with Gasteiger partial charge in [0.2, 0.25) is 0 Å². The number of ether oxygens (including phenoxy) is 4. The van der Waals surface area contributed by atoms with E-state index < -0.39 is 113 Å². The lowest BCUT2D eigenvalue weighted by Gasteiger charge is -2.38. The molecular formula is C48H67N5O16. The van der Waals surface area contributed by atoms with Gasteiger partial charge < -0.3 is 70.5 Å². The minimum absolute atomic E-state index is 0.0360. The van der Waals surface area contributed by atoms with Crippen molar-refractivity contribution in [2.24, 2.45) is 23.7 Å². The number of nitrogens with one attached hydrogen (secondary N) is 3. The lowest BCUT2D eigenvalue weighted by molar-refractivity contribution is -0.160. The fourth-order valence-electron chi connectivity index (χ4n) is 8.45. The first-order valence-corrected chi connectivity index (χ1v) is 22.5. The number of benzene rings is 1. The van der Waals surface area contributed by atoms with Crippen molar-refractivity contribution >= 4 is 41.1 Å². The van der Waals surface area contributed by atoms with Gasteiger partial charge in [-0.15, -0.1) is 0 Å². The number of methoxy groups -OCH3 is 1. The number of phenolic OH excluding ortho intramolecular Hbond substituents is 1. The van der Waals surface area contributed by atoms with Crippen LogP contribution in [0.2, 0.25) is 0 Å². The molecule has 10 atom stereocenters. The number of amides is 1. The van der Waals surface area contributed by atoms with Crippen LogP contribution in [0.4, 0.5) is 0 Å². The summed E-state index contributed by atoms with van der Waals surface area (Å²) in [5.41, 5.74) is 1.90. The van der Waals surface area contributed by atoms with Crippen molar-refractivity contribution in [2.45, 2.75) is 98.1 Å². The molecule has 4 aliphatic heterocycles. The van der Waals surface area contributed by atoms with E-state index >= 15 is 0 Å². The van der Waals surface area contributed by atoms with Crippen LogP contribution in [0.5, 0.6) is 11.5 Å². The largest absolute Gasteiger partial charge is 0.507 e. The van der Waals surface area contributed by atoms with Crippen LogP contribution in [0.25, 0.3) is 5.76 Å². The van der Waals surface area contributed by atoms with Gasteiger partial charge in [-0.2, -0.15) is 0 Å². The molecule has 4 heterocycles. The zero-order valence-electron chi connectivity index (χ0n) is 40.9. The number of fused-ring (bicyclic) bond motifs is 14. The number of ketones is 2. The van der Waals surface area contributed by atoms with Crippen molar-refractivity contribution in [3.8, 4) is 11.5 Å². The molecule has 0 spiro atoms. The number of aromatic hydroxyl groups is 1. The zero-order chi connectivity index (χ0) is 51.8. The summed E-state index contributed by atoms with van der Waals surface area (Å²) in [6, 6.07) is -0.988. The number of nitrogens with zero attached hydrogens (tertiary/aromatic N) is 2. The highest BCUT2D eigenvalue weighted by Gasteiger charge is 2.52. The third-order valence-electron chi connectivity index (χ3n) is 12.9. The summed E-state index contributed by atoms with van der Waals surface area (Å²) >= 11 is 0. The van der Waals surface area contributed by atoms with Gasteiger partial charge in [0.25, 0.3) is 11.7 Å². The molecule has 1 fully saturated rings. The number of piperazine rings is 1. The standard InChI is InChI=1S/C43H58N4O12.C5H9NO4/c1-21-12-11-13-22(2)42(55)45-33-28(20-44-47-17-15-46(9)16-18-47)37(52)30-31(38(33)53)36(51)26(6)40-32(30)41(54)43(8,59-40)57-19-14-29(56-10)23(3)39(58-27(7)48)25(5)35(50)24(4)34(21)49;1-6-3(5(9)10)2-4(7)8/h11-14,19-21,23-25,29,34-35,39,44,49-51,53H,15-18H2,1-10H3,(H,45,55);3,6H,2H2,1H3,(H,7,8)(H,9,10)/b12-11-,19-14-,22-13-,28-20+;/t21-,23-,24-,25-,29-,34+,35+,39-,43-;3-/m01/s1. The van der Waals surface area contributed by atoms with E-state index in [0.29, 0.717) is 13.1 Å². The van der Waals surface area contributed by atoms with E-state index in [1.165, 1.54) is 66.5 Å². The van der Waals surface area contributed by atoms with E-state index in [9.17, 15) is 49.2 Å². The molecule has 5 aliphatic rings. The highest BCUT2D eigenvalue weighted by Crippen LogP contribution is 2.50. The fraction of sp³-hybridized carbons (Fsp3) is 0.542. The third kappa shape index (κ3) is 12.6. The monoisotopic (exact) mass is 969 g/mol. The van der Waals surface area contributed by atoms with E-state index in [4.69, 9.17) is 29.2 Å². The Labute approximate surface area is 401 Å². The zero-order valence-corrected chi connectivity index (χ0v) is 40.9. The van der Waals surface area contributed by atoms with Gasteiger partial charge in [-0.1, -0.05) is 45.9 Å². The molecule has 5 bridgehead atoms. The van der Waals surface area contributed by atoms with Crippen LogP contribution in [-0.2, 0) is 33.4 Å². The Bertz CT molecular complexity index is 2300. The highest BCUT2D eigenvalue weighted by atomic mass is 16.7. The number of Topliss-reactive ketones (excluding diaryl/α,β-unsaturated/α-hetero) is 2. The minimum Gasteiger partial charge on any atom is -0.507 e. The van der Waals surface area contributed by atoms with E-state index in [2.05, 4.69) is 21.0 Å². The first kappa shape index (κ1) is 55.5. The molecule has 6 rings (SSSR count). The normalized spacial score (nSPS) is 30.9. The van der Waals surface area contributed by atoms with Crippen LogP contribution >= 0.6 is 0 Å². The summed E-state index contributed by atoms with van der Waals surface area (Å²) in [5.74, 6) is -11.0. The Morgan fingerprint density at radius 3 is 2.14 bits per heavy atom. The molecule has 21 heteroatoms. The molecule has 9 N–H and O–H groups in total. The number of likely N-dealkylation sites (N-methyl/N-ethyl adjacent to an activating group) is 2. The summed E-state index contributed by atoms with van der Waals surface area (Å²) in [4.78, 5) is 77.4. The maximum Gasteiger partial charge on any atom is 0.321 e. The number of carboxylic acid groups (broad SMARTS) is 2. The lowest BCUT2D eigenvalue weighted by atomic mass is 9.78. The maximum absolute atomic E-state index is 14.7. The van der Waals surface area contributed by atoms with Crippen molar-refractivity contribution < 1.29 is 78.4 Å². The van der Waals surface area contributed by atoms with Gasteiger partial charge in [0.1, 0.15) is 23.6 Å². The molecule has 1 aromatic rings. The third-order valence-corrected chi connectivity index (χ3v) is 12.9. The first-order valence-electron chi connectivity index (χ1n) is 22.5. The van der Waals surface area contributed by atoms with Gasteiger partial charge in [0.15, 0.2) is 11.5 Å². The van der Waals surface area contributed by atoms with Crippen LogP contribution in [0, 0.1) is 30.6 Å². The van der Waals surface area contributed by atoms with Crippen molar-refractivity contribution in [1.82, 2.24) is 26.0 Å². The molecule has 21 nitrogen and oxygen atoms in total. The molecule has 0 radical (unpaired) electrons. The van der Waals surface area contributed by atoms with Gasteiger partial charge in [-0.25, -0.2) is 5.01 Å². The van der Waals surface area contributed by atoms with E-state index in [1.807, 2.05) is 12.1 Å². The highest BCUT2D eigenvalue weighted by molar-refractivity contribution is 6.25. The number of allylic oxidation sites excluding steroid dienone is 3. The van der Waals surface area contributed by atoms with Crippen LogP contribution in [0.1, 0.15) is 86.7 Å². The number of phenols is 1. The smallest absolute Gasteiger partial charge is 0.321 e. The Balaban J connectivity index is 0.000000929.